The highest BCUT2D eigenvalue weighted by atomic mass is 16.4. The fourth-order valence-corrected chi connectivity index (χ4v) is 2.84. The summed E-state index contributed by atoms with van der Waals surface area (Å²) in [7, 11) is 6.05. The summed E-state index contributed by atoms with van der Waals surface area (Å²) in [5.74, 6) is 0.335. The quantitative estimate of drug-likeness (QED) is 0.682. The molecule has 0 aliphatic heterocycles. The van der Waals surface area contributed by atoms with E-state index in [9.17, 15) is 4.79 Å². The smallest absolute Gasteiger partial charge is 0.328 e. The average Bonchev–Trinajstić information content (AvgIpc) is 2.87. The zero-order chi connectivity index (χ0) is 17.0. The number of aliphatic carboxylic acids is 1. The monoisotopic (exact) mass is 316 g/mol. The molecule has 0 aliphatic rings. The Morgan fingerprint density at radius 3 is 2.83 bits per heavy atom. The number of carboxylic acids is 1. The average molecular weight is 316 g/mol. The van der Waals surface area contributed by atoms with E-state index in [-0.39, 0.29) is 6.04 Å². The Morgan fingerprint density at radius 1 is 1.48 bits per heavy atom. The number of H-pyrrole nitrogens is 1. The van der Waals surface area contributed by atoms with Crippen molar-refractivity contribution in [3.05, 3.63) is 35.7 Å². The number of carbonyl (C=O) groups is 1. The predicted molar refractivity (Wildman–Crippen MR) is 92.3 cm³/mol. The molecule has 3 N–H and O–H groups in total. The van der Waals surface area contributed by atoms with Crippen LogP contribution in [0, 0.1) is 5.92 Å². The second-order valence-corrected chi connectivity index (χ2v) is 6.08. The Labute approximate surface area is 136 Å². The molecule has 0 saturated carbocycles. The summed E-state index contributed by atoms with van der Waals surface area (Å²) in [6, 6.07) is 5.81. The van der Waals surface area contributed by atoms with Crippen molar-refractivity contribution in [2.24, 2.45) is 5.92 Å². The maximum absolute atomic E-state index is 10.6. The summed E-state index contributed by atoms with van der Waals surface area (Å²) in [5, 5.41) is 12.0. The van der Waals surface area contributed by atoms with Gasteiger partial charge in [0.2, 0.25) is 0 Å². The van der Waals surface area contributed by atoms with Crippen molar-refractivity contribution in [2.45, 2.75) is 13.0 Å². The third kappa shape index (κ3) is 4.40. The molecular formula is C17H24N4O2. The summed E-state index contributed by atoms with van der Waals surface area (Å²) >= 11 is 0. The number of aromatic amines is 1. The minimum Gasteiger partial charge on any atom is -0.478 e. The van der Waals surface area contributed by atoms with E-state index in [1.807, 2.05) is 25.2 Å². The molecule has 0 aliphatic carbocycles. The molecule has 1 heterocycles. The van der Waals surface area contributed by atoms with Gasteiger partial charge in [0.25, 0.3) is 0 Å². The van der Waals surface area contributed by atoms with Gasteiger partial charge in [0, 0.05) is 12.6 Å². The van der Waals surface area contributed by atoms with Crippen molar-refractivity contribution in [1.29, 1.82) is 0 Å². The van der Waals surface area contributed by atoms with Gasteiger partial charge >= 0.3 is 5.97 Å². The van der Waals surface area contributed by atoms with Gasteiger partial charge in [0.15, 0.2) is 0 Å². The molecule has 1 unspecified atom stereocenters. The maximum Gasteiger partial charge on any atom is 0.328 e. The molecule has 0 bridgehead atoms. The van der Waals surface area contributed by atoms with E-state index in [4.69, 9.17) is 5.11 Å². The Kier molecular flexibility index (Phi) is 5.52. The number of imidazole rings is 1. The highest BCUT2D eigenvalue weighted by Crippen LogP contribution is 2.23. The third-order valence-electron chi connectivity index (χ3n) is 3.77. The number of nitrogens with one attached hydrogen (secondary N) is 2. The van der Waals surface area contributed by atoms with Crippen LogP contribution in [-0.2, 0) is 4.79 Å². The van der Waals surface area contributed by atoms with Gasteiger partial charge < -0.3 is 20.3 Å². The number of hydrogen-bond donors (Lipinski definition) is 3. The minimum absolute atomic E-state index is 0.128. The number of nitrogens with zero attached hydrogens (tertiary/aromatic N) is 2. The molecule has 0 spiro atoms. The van der Waals surface area contributed by atoms with Crippen molar-refractivity contribution < 1.29 is 9.90 Å². The Hall–Kier alpha value is -2.18. The van der Waals surface area contributed by atoms with E-state index in [0.717, 1.165) is 35.0 Å². The lowest BCUT2D eigenvalue weighted by Gasteiger charge is -2.24. The molecule has 0 fully saturated rings. The number of carboxylic acid groups (broad SMARTS) is 1. The standard InChI is InChI=1S/C17H24N4O2/c1-11(10-21(3)4)16(18-2)17-19-13-7-5-12(6-8-15(22)23)9-14(13)20-17/h5-9,11,16,18H,10H2,1-4H3,(H,19,20)(H,22,23)/b8-6+/t11-,16?/m1/s1. The molecule has 1 aromatic heterocycles. The Balaban J connectivity index is 2.29. The molecule has 23 heavy (non-hydrogen) atoms. The lowest BCUT2D eigenvalue weighted by Crippen LogP contribution is -2.31. The van der Waals surface area contributed by atoms with Gasteiger partial charge in [-0.2, -0.15) is 0 Å². The van der Waals surface area contributed by atoms with Crippen LogP contribution in [0.5, 0.6) is 0 Å². The highest BCUT2D eigenvalue weighted by Gasteiger charge is 2.21. The zero-order valence-electron chi connectivity index (χ0n) is 14.0. The maximum atomic E-state index is 10.6. The van der Waals surface area contributed by atoms with Crippen molar-refractivity contribution in [1.82, 2.24) is 20.2 Å². The number of fused-ring (bicyclic) bond motifs is 1. The second-order valence-electron chi connectivity index (χ2n) is 6.08. The first kappa shape index (κ1) is 17.2. The first-order valence-corrected chi connectivity index (χ1v) is 7.63. The topological polar surface area (TPSA) is 81.2 Å². The number of rotatable bonds is 7. The van der Waals surface area contributed by atoms with Gasteiger partial charge in [-0.3, -0.25) is 0 Å². The molecular weight excluding hydrogens is 292 g/mol. The van der Waals surface area contributed by atoms with Crippen molar-refractivity contribution in [3.63, 3.8) is 0 Å². The molecule has 6 heteroatoms. The van der Waals surface area contributed by atoms with Crippen LogP contribution in [0.3, 0.4) is 0 Å². The van der Waals surface area contributed by atoms with Crippen LogP contribution in [0.4, 0.5) is 0 Å². The van der Waals surface area contributed by atoms with E-state index >= 15 is 0 Å². The van der Waals surface area contributed by atoms with Crippen LogP contribution in [0.25, 0.3) is 17.1 Å². The zero-order valence-corrected chi connectivity index (χ0v) is 14.0. The second kappa shape index (κ2) is 7.39. The van der Waals surface area contributed by atoms with Gasteiger partial charge in [-0.05, 0) is 50.8 Å². The minimum atomic E-state index is -0.955. The Bertz CT molecular complexity index is 706. The van der Waals surface area contributed by atoms with E-state index in [1.54, 1.807) is 6.08 Å². The first-order chi connectivity index (χ1) is 10.9. The van der Waals surface area contributed by atoms with Gasteiger partial charge in [-0.15, -0.1) is 0 Å². The fourth-order valence-electron chi connectivity index (χ4n) is 2.84. The molecule has 0 radical (unpaired) electrons. The van der Waals surface area contributed by atoms with Gasteiger partial charge in [-0.1, -0.05) is 13.0 Å². The number of aromatic nitrogens is 2. The molecule has 1 aromatic carbocycles. The number of hydrogen-bond acceptors (Lipinski definition) is 4. The Morgan fingerprint density at radius 2 is 2.22 bits per heavy atom. The van der Waals surface area contributed by atoms with Crippen molar-refractivity contribution >= 4 is 23.1 Å². The van der Waals surface area contributed by atoms with Crippen LogP contribution in [-0.4, -0.2) is 53.6 Å². The van der Waals surface area contributed by atoms with Crippen molar-refractivity contribution in [2.75, 3.05) is 27.7 Å². The summed E-state index contributed by atoms with van der Waals surface area (Å²) in [6.07, 6.45) is 2.71. The first-order valence-electron chi connectivity index (χ1n) is 7.63. The lowest BCUT2D eigenvalue weighted by molar-refractivity contribution is -0.131. The highest BCUT2D eigenvalue weighted by molar-refractivity contribution is 5.86. The van der Waals surface area contributed by atoms with Crippen LogP contribution < -0.4 is 5.32 Å². The van der Waals surface area contributed by atoms with Crippen LogP contribution in [0.2, 0.25) is 0 Å². The van der Waals surface area contributed by atoms with Gasteiger partial charge in [0.1, 0.15) is 5.82 Å². The molecule has 0 amide bonds. The van der Waals surface area contributed by atoms with Gasteiger partial charge in [-0.25, -0.2) is 9.78 Å². The summed E-state index contributed by atoms with van der Waals surface area (Å²) < 4.78 is 0. The summed E-state index contributed by atoms with van der Waals surface area (Å²) in [6.45, 7) is 3.14. The normalized spacial score (nSPS) is 14.7. The molecule has 2 rings (SSSR count). The van der Waals surface area contributed by atoms with Crippen LogP contribution in [0.1, 0.15) is 24.4 Å². The summed E-state index contributed by atoms with van der Waals surface area (Å²) in [5.41, 5.74) is 2.62. The predicted octanol–water partition coefficient (Wildman–Crippen LogP) is 2.12. The van der Waals surface area contributed by atoms with E-state index in [1.165, 1.54) is 0 Å². The fraction of sp³-hybridized carbons (Fsp3) is 0.412. The van der Waals surface area contributed by atoms with E-state index < -0.39 is 5.97 Å². The lowest BCUT2D eigenvalue weighted by atomic mass is 10.0. The van der Waals surface area contributed by atoms with Gasteiger partial charge in [0.05, 0.1) is 17.1 Å². The van der Waals surface area contributed by atoms with E-state index in [2.05, 4.69) is 41.2 Å². The molecule has 6 nitrogen and oxygen atoms in total. The largest absolute Gasteiger partial charge is 0.478 e. The third-order valence-corrected chi connectivity index (χ3v) is 3.77. The SMILES string of the molecule is CNC(c1nc2ccc(/C=C/C(=O)O)cc2[nH]1)[C@H](C)CN(C)C. The summed E-state index contributed by atoms with van der Waals surface area (Å²) in [4.78, 5) is 20.8. The molecule has 2 aromatic rings. The molecule has 2 atom stereocenters. The van der Waals surface area contributed by atoms with Crippen LogP contribution >= 0.6 is 0 Å². The number of benzene rings is 1. The molecule has 124 valence electrons. The van der Waals surface area contributed by atoms with Crippen LogP contribution in [0.15, 0.2) is 24.3 Å². The molecule has 0 saturated heterocycles. The van der Waals surface area contributed by atoms with E-state index in [0.29, 0.717) is 5.92 Å². The van der Waals surface area contributed by atoms with Crippen molar-refractivity contribution in [3.8, 4) is 0 Å².